The maximum Gasteiger partial charge on any atom is 0.490 e. The number of carboxylic acid groups (broad SMARTS) is 3. The van der Waals surface area contributed by atoms with Crippen LogP contribution in [0.1, 0.15) is 23.2 Å². The summed E-state index contributed by atoms with van der Waals surface area (Å²) in [7, 11) is 0. The minimum Gasteiger partial charge on any atom is -0.477 e. The average molecular weight is 700 g/mol. The Kier molecular flexibility index (Phi) is 13.0. The number of hydrogen-bond acceptors (Lipinski definition) is 8. The van der Waals surface area contributed by atoms with Gasteiger partial charge in [0.05, 0.1) is 29.2 Å². The molecular weight excluding hydrogens is 674 g/mol. The van der Waals surface area contributed by atoms with E-state index in [9.17, 15) is 41.0 Å². The largest absolute Gasteiger partial charge is 0.490 e. The molecule has 0 amide bonds. The Morgan fingerprint density at radius 2 is 1.29 bits per heavy atom. The van der Waals surface area contributed by atoms with Gasteiger partial charge in [0, 0.05) is 57.2 Å². The van der Waals surface area contributed by atoms with Gasteiger partial charge in [0.1, 0.15) is 11.3 Å². The van der Waals surface area contributed by atoms with E-state index in [1.54, 1.807) is 42.0 Å². The second-order valence-electron chi connectivity index (χ2n) is 9.35. The highest BCUT2D eigenvalue weighted by Crippen LogP contribution is 2.33. The molecule has 14 nitrogen and oxygen atoms in total. The van der Waals surface area contributed by atoms with Crippen molar-refractivity contribution in [2.75, 3.05) is 17.6 Å². The first-order chi connectivity index (χ1) is 22.3. The van der Waals surface area contributed by atoms with Crippen LogP contribution in [0.4, 0.5) is 46.5 Å². The summed E-state index contributed by atoms with van der Waals surface area (Å²) in [4.78, 5) is 50.1. The maximum atomic E-state index is 15.6. The van der Waals surface area contributed by atoms with Gasteiger partial charge in [-0.25, -0.2) is 33.1 Å². The van der Waals surface area contributed by atoms with Crippen LogP contribution in [-0.2, 0) is 29.2 Å². The van der Waals surface area contributed by atoms with E-state index in [0.717, 1.165) is 6.20 Å². The first-order valence-electron chi connectivity index (χ1n) is 13.1. The summed E-state index contributed by atoms with van der Waals surface area (Å²) < 4.78 is 99.0. The number of halogens is 8. The number of imidazole rings is 2. The van der Waals surface area contributed by atoms with Gasteiger partial charge in [-0.3, -0.25) is 4.79 Å². The number of fused-ring (bicyclic) bond motifs is 1. The van der Waals surface area contributed by atoms with E-state index in [0.29, 0.717) is 25.9 Å². The number of aryl methyl sites for hydroxylation is 3. The molecule has 0 saturated carbocycles. The SMILES string of the molecule is Nc1c(F)c(NCCCn2ccnc2)c(F)c2c1c(=O)c(C(=O)O)cn2CCCn1ccnc1.O=C(O)C(F)(F)F.O=C(O)C(F)(F)F. The monoisotopic (exact) mass is 699 g/mol. The smallest absolute Gasteiger partial charge is 0.477 e. The van der Waals surface area contributed by atoms with Crippen molar-refractivity contribution in [3.05, 3.63) is 71.1 Å². The summed E-state index contributed by atoms with van der Waals surface area (Å²) in [5, 5.41) is 26.0. The van der Waals surface area contributed by atoms with Gasteiger partial charge in [-0.15, -0.1) is 0 Å². The third kappa shape index (κ3) is 10.4. The molecule has 0 bridgehead atoms. The van der Waals surface area contributed by atoms with Gasteiger partial charge in [-0.1, -0.05) is 0 Å². The van der Waals surface area contributed by atoms with Crippen LogP contribution in [0.25, 0.3) is 10.9 Å². The summed E-state index contributed by atoms with van der Waals surface area (Å²) in [5.41, 5.74) is 2.97. The van der Waals surface area contributed by atoms with Crippen LogP contribution >= 0.6 is 0 Å². The normalized spacial score (nSPS) is 11.2. The van der Waals surface area contributed by atoms with Crippen molar-refractivity contribution in [3.8, 4) is 0 Å². The molecule has 0 fully saturated rings. The van der Waals surface area contributed by atoms with Gasteiger partial charge in [-0.05, 0) is 12.8 Å². The number of aromatic carboxylic acids is 1. The van der Waals surface area contributed by atoms with Crippen molar-refractivity contribution in [1.82, 2.24) is 23.7 Å². The second-order valence-corrected chi connectivity index (χ2v) is 9.35. The average Bonchev–Trinajstić information content (AvgIpc) is 3.70. The highest BCUT2D eigenvalue weighted by molar-refractivity contribution is 5.99. The first kappa shape index (κ1) is 38.5. The molecular formula is C26H25F8N7O7. The number of anilines is 2. The third-order valence-electron chi connectivity index (χ3n) is 5.98. The number of nitrogens with one attached hydrogen (secondary N) is 1. The number of nitrogens with two attached hydrogens (primary N) is 1. The van der Waals surface area contributed by atoms with E-state index >= 15 is 8.78 Å². The molecule has 0 spiro atoms. The molecule has 4 rings (SSSR count). The van der Waals surface area contributed by atoms with Crippen LogP contribution in [0.15, 0.2) is 48.4 Å². The fraction of sp³-hybridized carbons (Fsp3) is 0.308. The van der Waals surface area contributed by atoms with Crippen LogP contribution in [0, 0.1) is 11.6 Å². The molecule has 0 aliphatic rings. The lowest BCUT2D eigenvalue weighted by atomic mass is 10.1. The van der Waals surface area contributed by atoms with Crippen LogP contribution in [0.2, 0.25) is 0 Å². The van der Waals surface area contributed by atoms with Crippen LogP contribution in [0.5, 0.6) is 0 Å². The first-order valence-corrected chi connectivity index (χ1v) is 13.1. The van der Waals surface area contributed by atoms with E-state index in [4.69, 9.17) is 25.5 Å². The number of benzene rings is 1. The Morgan fingerprint density at radius 1 is 0.812 bits per heavy atom. The third-order valence-corrected chi connectivity index (χ3v) is 5.98. The summed E-state index contributed by atoms with van der Waals surface area (Å²) in [6.07, 6.45) is 1.96. The Hall–Kier alpha value is -5.70. The van der Waals surface area contributed by atoms with E-state index in [-0.39, 0.29) is 18.6 Å². The fourth-order valence-corrected chi connectivity index (χ4v) is 3.83. The molecule has 0 aliphatic carbocycles. The highest BCUT2D eigenvalue weighted by Gasteiger charge is 2.39. The number of alkyl halides is 6. The molecule has 0 saturated heterocycles. The Morgan fingerprint density at radius 3 is 1.71 bits per heavy atom. The Bertz CT molecular complexity index is 1750. The summed E-state index contributed by atoms with van der Waals surface area (Å²) in [5.74, 6) is -9.14. The number of aliphatic carboxylic acids is 2. The molecule has 22 heteroatoms. The highest BCUT2D eigenvalue weighted by atomic mass is 19.4. The van der Waals surface area contributed by atoms with Gasteiger partial charge in [0.25, 0.3) is 0 Å². The molecule has 4 aromatic rings. The zero-order valence-electron chi connectivity index (χ0n) is 24.1. The van der Waals surface area contributed by atoms with Crippen molar-refractivity contribution in [3.63, 3.8) is 0 Å². The van der Waals surface area contributed by atoms with Crippen molar-refractivity contribution >= 4 is 40.2 Å². The quantitative estimate of drug-likeness (QED) is 0.0914. The standard InChI is InChI=1S/C22H23F2N7O3.2C2HF3O2/c23-16-18(25)15-20(17(24)19(16)28-3-1-6-29-9-4-26-12-29)31(11-14(21(15)32)22(33)34)8-2-7-30-10-5-27-13-30;2*3-2(4,5)1(6)7/h4-5,9-13,28H,1-3,6-8,25H2,(H,33,34);2*(H,6,7). The second kappa shape index (κ2) is 16.2. The van der Waals surface area contributed by atoms with Gasteiger partial charge in [-0.2, -0.15) is 26.3 Å². The lowest BCUT2D eigenvalue weighted by Gasteiger charge is -2.18. The topological polar surface area (TPSA) is 208 Å². The molecule has 3 aromatic heterocycles. The van der Waals surface area contributed by atoms with Crippen molar-refractivity contribution in [2.24, 2.45) is 0 Å². The predicted octanol–water partition coefficient (Wildman–Crippen LogP) is 3.81. The molecule has 0 unspecified atom stereocenters. The van der Waals surface area contributed by atoms with E-state index in [1.165, 1.54) is 4.57 Å². The lowest BCUT2D eigenvalue weighted by molar-refractivity contribution is -0.193. The number of nitrogens with zero attached hydrogens (tertiary/aromatic N) is 5. The molecule has 48 heavy (non-hydrogen) atoms. The van der Waals surface area contributed by atoms with Crippen molar-refractivity contribution < 1.29 is 64.8 Å². The number of aromatic nitrogens is 5. The van der Waals surface area contributed by atoms with Crippen LogP contribution in [-0.4, -0.2) is 75.8 Å². The van der Waals surface area contributed by atoms with E-state index in [2.05, 4.69) is 15.3 Å². The number of pyridine rings is 1. The predicted molar refractivity (Wildman–Crippen MR) is 149 cm³/mol. The fourth-order valence-electron chi connectivity index (χ4n) is 3.83. The molecule has 0 atom stereocenters. The van der Waals surface area contributed by atoms with Gasteiger partial charge in [0.2, 0.25) is 5.43 Å². The summed E-state index contributed by atoms with van der Waals surface area (Å²) in [6, 6.07) is 0. The minimum absolute atomic E-state index is 0.164. The summed E-state index contributed by atoms with van der Waals surface area (Å²) in [6.45, 7) is 1.50. The molecule has 1 aromatic carbocycles. The Balaban J connectivity index is 0.000000479. The molecule has 0 aliphatic heterocycles. The van der Waals surface area contributed by atoms with Crippen LogP contribution in [0.3, 0.4) is 0 Å². The van der Waals surface area contributed by atoms with Gasteiger partial charge < -0.3 is 40.1 Å². The lowest BCUT2D eigenvalue weighted by Crippen LogP contribution is -2.22. The molecule has 0 radical (unpaired) electrons. The number of rotatable bonds is 10. The molecule has 262 valence electrons. The summed E-state index contributed by atoms with van der Waals surface area (Å²) >= 11 is 0. The number of carbonyl (C=O) groups is 3. The van der Waals surface area contributed by atoms with Gasteiger partial charge >= 0.3 is 30.3 Å². The molecule has 3 heterocycles. The van der Waals surface area contributed by atoms with Crippen LogP contribution < -0.4 is 16.5 Å². The number of carboxylic acids is 3. The van der Waals surface area contributed by atoms with E-state index in [1.807, 2.05) is 4.57 Å². The zero-order valence-corrected chi connectivity index (χ0v) is 24.1. The van der Waals surface area contributed by atoms with E-state index < -0.39 is 69.6 Å². The molecule has 6 N–H and O–H groups in total. The number of hydrogen-bond donors (Lipinski definition) is 5. The zero-order chi connectivity index (χ0) is 36.4. The van der Waals surface area contributed by atoms with Crippen molar-refractivity contribution in [1.29, 1.82) is 0 Å². The number of nitrogen functional groups attached to an aromatic ring is 1. The minimum atomic E-state index is -5.08. The Labute approximate surface area is 262 Å². The maximum absolute atomic E-state index is 15.6. The van der Waals surface area contributed by atoms with Gasteiger partial charge in [0.15, 0.2) is 11.6 Å². The van der Waals surface area contributed by atoms with Crippen molar-refractivity contribution in [2.45, 2.75) is 44.8 Å².